The number of hydrazine groups is 1. The van der Waals surface area contributed by atoms with Crippen molar-refractivity contribution in [3.8, 4) is 0 Å². The van der Waals surface area contributed by atoms with Crippen LogP contribution in [0.2, 0.25) is 0 Å². The first-order valence-electron chi connectivity index (χ1n) is 5.52. The van der Waals surface area contributed by atoms with Crippen LogP contribution in [0.25, 0.3) is 0 Å². The van der Waals surface area contributed by atoms with Crippen LogP contribution in [0.1, 0.15) is 5.56 Å². The average molecular weight is 237 g/mol. The Morgan fingerprint density at radius 2 is 2.12 bits per heavy atom. The Labute approximate surface area is 99.3 Å². The van der Waals surface area contributed by atoms with Gasteiger partial charge in [-0.15, -0.1) is 0 Å². The second-order valence-corrected chi connectivity index (χ2v) is 3.92. The van der Waals surface area contributed by atoms with Gasteiger partial charge in [0.05, 0.1) is 29.4 Å². The van der Waals surface area contributed by atoms with E-state index in [9.17, 15) is 10.1 Å². The molecule has 1 aromatic carbocycles. The van der Waals surface area contributed by atoms with Gasteiger partial charge in [-0.25, -0.2) is 5.01 Å². The lowest BCUT2D eigenvalue weighted by Crippen LogP contribution is -2.40. The van der Waals surface area contributed by atoms with Crippen LogP contribution in [0.5, 0.6) is 0 Å². The quantitative estimate of drug-likeness (QED) is 0.638. The highest BCUT2D eigenvalue weighted by atomic mass is 16.6. The van der Waals surface area contributed by atoms with E-state index >= 15 is 0 Å². The summed E-state index contributed by atoms with van der Waals surface area (Å²) >= 11 is 0. The van der Waals surface area contributed by atoms with Crippen molar-refractivity contribution in [1.29, 1.82) is 0 Å². The molecule has 6 nitrogen and oxygen atoms in total. The van der Waals surface area contributed by atoms with Gasteiger partial charge in [0.15, 0.2) is 0 Å². The van der Waals surface area contributed by atoms with Gasteiger partial charge in [0.1, 0.15) is 0 Å². The van der Waals surface area contributed by atoms with Gasteiger partial charge in [-0.1, -0.05) is 6.07 Å². The highest BCUT2D eigenvalue weighted by molar-refractivity contribution is 5.59. The Morgan fingerprint density at radius 3 is 2.76 bits per heavy atom. The van der Waals surface area contributed by atoms with Gasteiger partial charge in [-0.2, -0.15) is 0 Å². The molecule has 17 heavy (non-hydrogen) atoms. The van der Waals surface area contributed by atoms with Crippen molar-refractivity contribution in [3.05, 3.63) is 33.9 Å². The normalized spacial score (nSPS) is 16.8. The summed E-state index contributed by atoms with van der Waals surface area (Å²) in [4.78, 5) is 10.4. The molecule has 0 bridgehead atoms. The van der Waals surface area contributed by atoms with Crippen molar-refractivity contribution < 1.29 is 9.66 Å². The fourth-order valence-corrected chi connectivity index (χ4v) is 1.79. The van der Waals surface area contributed by atoms with Crippen LogP contribution in [0.15, 0.2) is 18.2 Å². The molecule has 1 aliphatic rings. The first-order valence-corrected chi connectivity index (χ1v) is 5.52. The van der Waals surface area contributed by atoms with E-state index in [0.717, 1.165) is 18.8 Å². The van der Waals surface area contributed by atoms with Crippen LogP contribution < -0.4 is 5.43 Å². The molecule has 92 valence electrons. The maximum atomic E-state index is 10.8. The minimum absolute atomic E-state index is 0.142. The minimum atomic E-state index is -0.361. The molecule has 1 N–H and O–H groups in total. The van der Waals surface area contributed by atoms with Gasteiger partial charge in [0, 0.05) is 19.2 Å². The predicted octanol–water partition coefficient (Wildman–Crippen LogP) is 1.56. The fourth-order valence-electron chi connectivity index (χ4n) is 1.79. The topological polar surface area (TPSA) is 67.6 Å². The van der Waals surface area contributed by atoms with Crippen molar-refractivity contribution in [1.82, 2.24) is 5.01 Å². The molecule has 0 unspecified atom stereocenters. The molecule has 1 fully saturated rings. The standard InChI is InChI=1S/C11H15N3O3/c1-9-10(3-2-4-11(9)14(15)16)12-13-5-7-17-8-6-13/h2-4,12H,5-8H2,1H3. The number of hydrogen-bond acceptors (Lipinski definition) is 5. The molecule has 0 aliphatic carbocycles. The van der Waals surface area contributed by atoms with E-state index in [-0.39, 0.29) is 10.6 Å². The lowest BCUT2D eigenvalue weighted by molar-refractivity contribution is -0.385. The molecule has 1 heterocycles. The number of nitro benzene ring substituents is 1. The molecule has 1 saturated heterocycles. The molecule has 2 rings (SSSR count). The van der Waals surface area contributed by atoms with Crippen LogP contribution in [0.4, 0.5) is 11.4 Å². The summed E-state index contributed by atoms with van der Waals surface area (Å²) in [5.41, 5.74) is 4.77. The summed E-state index contributed by atoms with van der Waals surface area (Å²) in [5.74, 6) is 0. The first kappa shape index (κ1) is 11.8. The molecule has 0 amide bonds. The summed E-state index contributed by atoms with van der Waals surface area (Å²) in [7, 11) is 0. The van der Waals surface area contributed by atoms with Crippen LogP contribution in [0, 0.1) is 17.0 Å². The number of nitrogens with zero attached hydrogens (tertiary/aromatic N) is 2. The molecule has 0 saturated carbocycles. The molecule has 1 aromatic rings. The summed E-state index contributed by atoms with van der Waals surface area (Å²) < 4.78 is 5.24. The number of ether oxygens (including phenoxy) is 1. The number of anilines is 1. The molecule has 0 spiro atoms. The van der Waals surface area contributed by atoms with E-state index in [2.05, 4.69) is 5.43 Å². The van der Waals surface area contributed by atoms with Gasteiger partial charge >= 0.3 is 0 Å². The van der Waals surface area contributed by atoms with E-state index in [1.807, 2.05) is 11.1 Å². The molecule has 6 heteroatoms. The fraction of sp³-hybridized carbons (Fsp3) is 0.455. The van der Waals surface area contributed by atoms with Crippen LogP contribution >= 0.6 is 0 Å². The van der Waals surface area contributed by atoms with Crippen LogP contribution in [-0.2, 0) is 4.74 Å². The van der Waals surface area contributed by atoms with Crippen molar-refractivity contribution in [2.24, 2.45) is 0 Å². The smallest absolute Gasteiger partial charge is 0.274 e. The molecule has 0 aromatic heterocycles. The van der Waals surface area contributed by atoms with E-state index < -0.39 is 0 Å². The Balaban J connectivity index is 2.15. The molecular formula is C11H15N3O3. The monoisotopic (exact) mass is 237 g/mol. The summed E-state index contributed by atoms with van der Waals surface area (Å²) in [6.07, 6.45) is 0. The minimum Gasteiger partial charge on any atom is -0.379 e. The SMILES string of the molecule is Cc1c(NN2CCOCC2)cccc1[N+](=O)[O-]. The lowest BCUT2D eigenvalue weighted by Gasteiger charge is -2.28. The van der Waals surface area contributed by atoms with Crippen molar-refractivity contribution >= 4 is 11.4 Å². The number of nitro groups is 1. The van der Waals surface area contributed by atoms with E-state index in [0.29, 0.717) is 18.8 Å². The number of hydrogen-bond donors (Lipinski definition) is 1. The Hall–Kier alpha value is -1.66. The zero-order chi connectivity index (χ0) is 12.3. The molecule has 1 aliphatic heterocycles. The third-order valence-electron chi connectivity index (χ3n) is 2.79. The van der Waals surface area contributed by atoms with Gasteiger partial charge in [-0.3, -0.25) is 10.1 Å². The number of benzene rings is 1. The van der Waals surface area contributed by atoms with E-state index in [1.54, 1.807) is 13.0 Å². The van der Waals surface area contributed by atoms with Crippen LogP contribution in [0.3, 0.4) is 0 Å². The zero-order valence-electron chi connectivity index (χ0n) is 9.68. The number of nitrogens with one attached hydrogen (secondary N) is 1. The van der Waals surface area contributed by atoms with E-state index in [4.69, 9.17) is 4.74 Å². The second-order valence-electron chi connectivity index (χ2n) is 3.92. The molecular weight excluding hydrogens is 222 g/mol. The Bertz CT molecular complexity index is 416. The highest BCUT2D eigenvalue weighted by Crippen LogP contribution is 2.25. The highest BCUT2D eigenvalue weighted by Gasteiger charge is 2.16. The summed E-state index contributed by atoms with van der Waals surface area (Å²) in [5, 5.41) is 12.8. The molecule has 0 radical (unpaired) electrons. The first-order chi connectivity index (χ1) is 8.18. The summed E-state index contributed by atoms with van der Waals surface area (Å²) in [6.45, 7) is 4.67. The van der Waals surface area contributed by atoms with Crippen molar-refractivity contribution in [2.45, 2.75) is 6.92 Å². The third kappa shape index (κ3) is 2.72. The van der Waals surface area contributed by atoms with Gasteiger partial charge in [-0.05, 0) is 13.0 Å². The summed E-state index contributed by atoms with van der Waals surface area (Å²) in [6, 6.07) is 5.05. The zero-order valence-corrected chi connectivity index (χ0v) is 9.68. The average Bonchev–Trinajstić information content (AvgIpc) is 2.33. The maximum Gasteiger partial charge on any atom is 0.274 e. The van der Waals surface area contributed by atoms with Crippen molar-refractivity contribution in [3.63, 3.8) is 0 Å². The van der Waals surface area contributed by atoms with E-state index in [1.165, 1.54) is 6.07 Å². The second kappa shape index (κ2) is 5.11. The predicted molar refractivity (Wildman–Crippen MR) is 63.8 cm³/mol. The van der Waals surface area contributed by atoms with Crippen LogP contribution in [-0.4, -0.2) is 36.2 Å². The van der Waals surface area contributed by atoms with Gasteiger partial charge < -0.3 is 10.2 Å². The third-order valence-corrected chi connectivity index (χ3v) is 2.79. The number of morpholine rings is 1. The largest absolute Gasteiger partial charge is 0.379 e. The van der Waals surface area contributed by atoms with Gasteiger partial charge in [0.25, 0.3) is 5.69 Å². The van der Waals surface area contributed by atoms with Crippen molar-refractivity contribution in [2.75, 3.05) is 31.7 Å². The number of rotatable bonds is 3. The molecule has 0 atom stereocenters. The maximum absolute atomic E-state index is 10.8. The Kier molecular flexibility index (Phi) is 3.55. The van der Waals surface area contributed by atoms with Gasteiger partial charge in [0.2, 0.25) is 0 Å². The Morgan fingerprint density at radius 1 is 1.41 bits per heavy atom. The lowest BCUT2D eigenvalue weighted by atomic mass is 10.1.